The zero-order valence-corrected chi connectivity index (χ0v) is 12.5. The molecule has 1 aliphatic rings. The minimum atomic E-state index is -0.547. The third-order valence-electron chi connectivity index (χ3n) is 3.54. The molecule has 0 aliphatic carbocycles. The number of nitrogens with zero attached hydrogens (tertiary/aromatic N) is 1. The van der Waals surface area contributed by atoms with Crippen LogP contribution in [0.25, 0.3) is 0 Å². The minimum Gasteiger partial charge on any atom is -0.479 e. The highest BCUT2D eigenvalue weighted by molar-refractivity contribution is 6.30. The van der Waals surface area contributed by atoms with Gasteiger partial charge in [0.1, 0.15) is 5.75 Å². The molecule has 0 radical (unpaired) electrons. The molecule has 110 valence electrons. The predicted molar refractivity (Wildman–Crippen MR) is 81.0 cm³/mol. The molecule has 20 heavy (non-hydrogen) atoms. The summed E-state index contributed by atoms with van der Waals surface area (Å²) >= 11 is 5.92. The van der Waals surface area contributed by atoms with Crippen molar-refractivity contribution in [3.05, 3.63) is 23.2 Å². The maximum Gasteiger partial charge on any atom is 0.263 e. The highest BCUT2D eigenvalue weighted by Gasteiger charge is 2.23. The van der Waals surface area contributed by atoms with Crippen LogP contribution in [0.15, 0.2) is 18.2 Å². The van der Waals surface area contributed by atoms with E-state index in [-0.39, 0.29) is 5.91 Å². The van der Waals surface area contributed by atoms with E-state index in [2.05, 4.69) is 0 Å². The van der Waals surface area contributed by atoms with Gasteiger partial charge < -0.3 is 15.4 Å². The number of amides is 1. The molecule has 1 aromatic carbocycles. The molecule has 1 unspecified atom stereocenters. The average Bonchev–Trinajstić information content (AvgIpc) is 2.71. The second kappa shape index (κ2) is 6.84. The Morgan fingerprint density at radius 3 is 2.60 bits per heavy atom. The van der Waals surface area contributed by atoms with Crippen LogP contribution in [0.1, 0.15) is 32.6 Å². The number of likely N-dealkylation sites (tertiary alicyclic amines) is 1. The van der Waals surface area contributed by atoms with Gasteiger partial charge in [-0.05, 0) is 31.9 Å². The SMILES string of the molecule is CC(Oc1cc(Cl)ccc1N)C(=O)N1CCCCCC1. The van der Waals surface area contributed by atoms with Gasteiger partial charge in [-0.1, -0.05) is 24.4 Å². The van der Waals surface area contributed by atoms with Crippen LogP contribution in [0.5, 0.6) is 5.75 Å². The summed E-state index contributed by atoms with van der Waals surface area (Å²) in [5.74, 6) is 0.486. The molecular formula is C15H21ClN2O2. The molecule has 2 N–H and O–H groups in total. The van der Waals surface area contributed by atoms with Gasteiger partial charge in [-0.2, -0.15) is 0 Å². The molecule has 2 rings (SSSR count). The Balaban J connectivity index is 2.01. The van der Waals surface area contributed by atoms with Crippen LogP contribution in [-0.4, -0.2) is 30.0 Å². The van der Waals surface area contributed by atoms with Gasteiger partial charge in [-0.15, -0.1) is 0 Å². The number of halogens is 1. The van der Waals surface area contributed by atoms with Crippen molar-refractivity contribution in [2.45, 2.75) is 38.7 Å². The predicted octanol–water partition coefficient (Wildman–Crippen LogP) is 3.09. The smallest absolute Gasteiger partial charge is 0.263 e. The van der Waals surface area contributed by atoms with Crippen molar-refractivity contribution in [3.8, 4) is 5.75 Å². The fraction of sp³-hybridized carbons (Fsp3) is 0.533. The van der Waals surface area contributed by atoms with Gasteiger partial charge in [0.25, 0.3) is 5.91 Å². The van der Waals surface area contributed by atoms with Crippen molar-refractivity contribution in [2.75, 3.05) is 18.8 Å². The van der Waals surface area contributed by atoms with E-state index in [4.69, 9.17) is 22.1 Å². The number of nitrogen functional groups attached to an aromatic ring is 1. The summed E-state index contributed by atoms with van der Waals surface area (Å²) in [5, 5.41) is 0.545. The van der Waals surface area contributed by atoms with Crippen molar-refractivity contribution in [1.29, 1.82) is 0 Å². The van der Waals surface area contributed by atoms with E-state index in [1.807, 2.05) is 4.90 Å². The van der Waals surface area contributed by atoms with E-state index < -0.39 is 6.10 Å². The second-order valence-corrected chi connectivity index (χ2v) is 5.62. The lowest BCUT2D eigenvalue weighted by atomic mass is 10.2. The molecule has 4 nitrogen and oxygen atoms in total. The lowest BCUT2D eigenvalue weighted by Crippen LogP contribution is -2.41. The fourth-order valence-corrected chi connectivity index (χ4v) is 2.56. The number of ether oxygens (including phenoxy) is 1. The number of anilines is 1. The Labute approximate surface area is 124 Å². The molecule has 1 atom stereocenters. The lowest BCUT2D eigenvalue weighted by Gasteiger charge is -2.25. The van der Waals surface area contributed by atoms with Crippen LogP contribution in [0.3, 0.4) is 0 Å². The van der Waals surface area contributed by atoms with Gasteiger partial charge in [-0.25, -0.2) is 0 Å². The summed E-state index contributed by atoms with van der Waals surface area (Å²) in [5.41, 5.74) is 6.32. The number of benzene rings is 1. The summed E-state index contributed by atoms with van der Waals surface area (Å²) in [7, 11) is 0. The molecule has 0 aromatic heterocycles. The van der Waals surface area contributed by atoms with Gasteiger partial charge in [0, 0.05) is 24.2 Å². The first-order valence-corrected chi connectivity index (χ1v) is 7.46. The maximum absolute atomic E-state index is 12.4. The first kappa shape index (κ1) is 15.0. The third-order valence-corrected chi connectivity index (χ3v) is 3.78. The Morgan fingerprint density at radius 2 is 1.95 bits per heavy atom. The summed E-state index contributed by atoms with van der Waals surface area (Å²) in [6.45, 7) is 3.39. The highest BCUT2D eigenvalue weighted by Crippen LogP contribution is 2.26. The van der Waals surface area contributed by atoms with E-state index >= 15 is 0 Å². The molecule has 1 aliphatic heterocycles. The molecule has 0 spiro atoms. The van der Waals surface area contributed by atoms with Gasteiger partial charge in [0.15, 0.2) is 6.10 Å². The molecule has 1 fully saturated rings. The number of carbonyl (C=O) groups excluding carboxylic acids is 1. The van der Waals surface area contributed by atoms with Crippen LogP contribution in [0.4, 0.5) is 5.69 Å². The third kappa shape index (κ3) is 3.79. The van der Waals surface area contributed by atoms with E-state index in [0.29, 0.717) is 16.5 Å². The van der Waals surface area contributed by atoms with Crippen molar-refractivity contribution in [2.24, 2.45) is 0 Å². The number of carbonyl (C=O) groups is 1. The summed E-state index contributed by atoms with van der Waals surface area (Å²) in [4.78, 5) is 14.3. The largest absolute Gasteiger partial charge is 0.479 e. The van der Waals surface area contributed by atoms with Crippen LogP contribution in [-0.2, 0) is 4.79 Å². The van der Waals surface area contributed by atoms with Gasteiger partial charge in [0.2, 0.25) is 0 Å². The molecule has 0 bridgehead atoms. The molecule has 1 amide bonds. The summed E-state index contributed by atoms with van der Waals surface area (Å²) < 4.78 is 5.68. The number of nitrogens with two attached hydrogens (primary N) is 1. The van der Waals surface area contributed by atoms with E-state index in [9.17, 15) is 4.79 Å². The van der Waals surface area contributed by atoms with Crippen molar-refractivity contribution >= 4 is 23.2 Å². The Kier molecular flexibility index (Phi) is 5.12. The molecule has 1 heterocycles. The van der Waals surface area contributed by atoms with Crippen molar-refractivity contribution < 1.29 is 9.53 Å². The summed E-state index contributed by atoms with van der Waals surface area (Å²) in [6, 6.07) is 5.02. The van der Waals surface area contributed by atoms with Gasteiger partial charge >= 0.3 is 0 Å². The molecule has 5 heteroatoms. The lowest BCUT2D eigenvalue weighted by molar-refractivity contribution is -0.137. The zero-order valence-electron chi connectivity index (χ0n) is 11.8. The molecule has 0 saturated carbocycles. The monoisotopic (exact) mass is 296 g/mol. The maximum atomic E-state index is 12.4. The fourth-order valence-electron chi connectivity index (χ4n) is 2.40. The van der Waals surface area contributed by atoms with E-state index in [1.54, 1.807) is 25.1 Å². The van der Waals surface area contributed by atoms with Crippen molar-refractivity contribution in [1.82, 2.24) is 4.90 Å². The molecule has 1 saturated heterocycles. The van der Waals surface area contributed by atoms with Crippen LogP contribution < -0.4 is 10.5 Å². The first-order valence-electron chi connectivity index (χ1n) is 7.08. The topological polar surface area (TPSA) is 55.6 Å². The minimum absolute atomic E-state index is 0.0197. The first-order chi connectivity index (χ1) is 9.58. The molecule has 1 aromatic rings. The van der Waals surface area contributed by atoms with Gasteiger partial charge in [-0.3, -0.25) is 4.79 Å². The van der Waals surface area contributed by atoms with Crippen LogP contribution >= 0.6 is 11.6 Å². The van der Waals surface area contributed by atoms with Crippen LogP contribution in [0, 0.1) is 0 Å². The summed E-state index contributed by atoms with van der Waals surface area (Å²) in [6.07, 6.45) is 3.98. The van der Waals surface area contributed by atoms with E-state index in [0.717, 1.165) is 25.9 Å². The number of rotatable bonds is 3. The number of hydrogen-bond donors (Lipinski definition) is 1. The Hall–Kier alpha value is -1.42. The van der Waals surface area contributed by atoms with Crippen LogP contribution in [0.2, 0.25) is 5.02 Å². The van der Waals surface area contributed by atoms with E-state index in [1.165, 1.54) is 12.8 Å². The Morgan fingerprint density at radius 1 is 1.30 bits per heavy atom. The Bertz CT molecular complexity index is 471. The average molecular weight is 297 g/mol. The van der Waals surface area contributed by atoms with Crippen molar-refractivity contribution in [3.63, 3.8) is 0 Å². The standard InChI is InChI=1S/C15H21ClN2O2/c1-11(15(19)18-8-4-2-3-5-9-18)20-14-10-12(16)6-7-13(14)17/h6-7,10-11H,2-5,8-9,17H2,1H3. The quantitative estimate of drug-likeness (QED) is 0.872. The molecular weight excluding hydrogens is 276 g/mol. The number of hydrogen-bond acceptors (Lipinski definition) is 3. The normalized spacial score (nSPS) is 17.4. The second-order valence-electron chi connectivity index (χ2n) is 5.18. The zero-order chi connectivity index (χ0) is 14.5. The highest BCUT2D eigenvalue weighted by atomic mass is 35.5. The van der Waals surface area contributed by atoms with Gasteiger partial charge in [0.05, 0.1) is 5.69 Å².